The number of allylic oxidation sites excluding steroid dienone is 1. The first-order valence-electron chi connectivity index (χ1n) is 8.81. The molecular weight excluding hydrogens is 270 g/mol. The van der Waals surface area contributed by atoms with Crippen LogP contribution >= 0.6 is 0 Å². The minimum absolute atomic E-state index is 0.476. The second-order valence-electron chi connectivity index (χ2n) is 6.95. The van der Waals surface area contributed by atoms with Gasteiger partial charge in [0.05, 0.1) is 12.7 Å². The SMILES string of the molecule is CCCCC1CCC(C2CCC(CC=C(F)F)CC2)CO1. The highest BCUT2D eigenvalue weighted by atomic mass is 19.3. The molecule has 0 bridgehead atoms. The topological polar surface area (TPSA) is 9.23 Å². The van der Waals surface area contributed by atoms with Crippen LogP contribution in [0, 0.1) is 17.8 Å². The monoisotopic (exact) mass is 300 g/mol. The summed E-state index contributed by atoms with van der Waals surface area (Å²) in [5.41, 5.74) is 0. The molecule has 1 nitrogen and oxygen atoms in total. The third-order valence-electron chi connectivity index (χ3n) is 5.45. The highest BCUT2D eigenvalue weighted by molar-refractivity contribution is 4.87. The maximum atomic E-state index is 12.1. The van der Waals surface area contributed by atoms with Crippen LogP contribution in [0.4, 0.5) is 8.78 Å². The van der Waals surface area contributed by atoms with Crippen LogP contribution in [-0.4, -0.2) is 12.7 Å². The Bertz CT molecular complexity index is 309. The summed E-state index contributed by atoms with van der Waals surface area (Å²) in [6.07, 6.45) is 11.6. The first-order chi connectivity index (χ1) is 10.2. The van der Waals surface area contributed by atoms with Crippen LogP contribution in [0.2, 0.25) is 0 Å². The fourth-order valence-electron chi connectivity index (χ4n) is 4.01. The van der Waals surface area contributed by atoms with E-state index >= 15 is 0 Å². The molecule has 1 saturated carbocycles. The molecule has 2 aliphatic rings. The zero-order valence-corrected chi connectivity index (χ0v) is 13.3. The van der Waals surface area contributed by atoms with Crippen molar-refractivity contribution in [2.24, 2.45) is 17.8 Å². The van der Waals surface area contributed by atoms with E-state index in [0.29, 0.717) is 18.4 Å². The maximum absolute atomic E-state index is 12.1. The van der Waals surface area contributed by atoms with Gasteiger partial charge in [-0.3, -0.25) is 0 Å². The predicted molar refractivity (Wildman–Crippen MR) is 82.4 cm³/mol. The summed E-state index contributed by atoms with van der Waals surface area (Å²) in [7, 11) is 0. The molecule has 21 heavy (non-hydrogen) atoms. The number of ether oxygens (including phenoxy) is 1. The quantitative estimate of drug-likeness (QED) is 0.589. The van der Waals surface area contributed by atoms with Crippen LogP contribution in [0.5, 0.6) is 0 Å². The first-order valence-corrected chi connectivity index (χ1v) is 8.81. The number of hydrogen-bond acceptors (Lipinski definition) is 1. The Kier molecular flexibility index (Phi) is 7.15. The van der Waals surface area contributed by atoms with Crippen molar-refractivity contribution in [3.05, 3.63) is 12.2 Å². The van der Waals surface area contributed by atoms with Gasteiger partial charge in [0.15, 0.2) is 0 Å². The van der Waals surface area contributed by atoms with Crippen molar-refractivity contribution < 1.29 is 13.5 Å². The number of halogens is 2. The summed E-state index contributed by atoms with van der Waals surface area (Å²) in [6, 6.07) is 0. The second kappa shape index (κ2) is 8.87. The summed E-state index contributed by atoms with van der Waals surface area (Å²) in [6.45, 7) is 3.16. The number of unbranched alkanes of at least 4 members (excludes halogenated alkanes) is 1. The third kappa shape index (κ3) is 5.69. The zero-order chi connectivity index (χ0) is 15.1. The highest BCUT2D eigenvalue weighted by Gasteiger charge is 2.30. The van der Waals surface area contributed by atoms with Gasteiger partial charge in [0.2, 0.25) is 0 Å². The molecular formula is C18H30F2O. The van der Waals surface area contributed by atoms with E-state index in [9.17, 15) is 8.78 Å². The molecule has 1 aliphatic heterocycles. The van der Waals surface area contributed by atoms with Gasteiger partial charge < -0.3 is 4.74 Å². The Morgan fingerprint density at radius 2 is 1.76 bits per heavy atom. The molecule has 2 unspecified atom stereocenters. The Morgan fingerprint density at radius 3 is 2.33 bits per heavy atom. The van der Waals surface area contributed by atoms with Gasteiger partial charge in [0.1, 0.15) is 0 Å². The molecule has 1 aliphatic carbocycles. The van der Waals surface area contributed by atoms with Crippen LogP contribution in [0.3, 0.4) is 0 Å². The average molecular weight is 300 g/mol. The van der Waals surface area contributed by atoms with E-state index in [0.717, 1.165) is 37.4 Å². The molecule has 0 N–H and O–H groups in total. The van der Waals surface area contributed by atoms with Crippen LogP contribution in [0.25, 0.3) is 0 Å². The number of hydrogen-bond donors (Lipinski definition) is 0. The van der Waals surface area contributed by atoms with Crippen molar-refractivity contribution in [1.29, 1.82) is 0 Å². The Labute approximate surface area is 128 Å². The van der Waals surface area contributed by atoms with E-state index in [4.69, 9.17) is 4.74 Å². The molecule has 1 saturated heterocycles. The van der Waals surface area contributed by atoms with Crippen LogP contribution in [0.15, 0.2) is 12.2 Å². The molecule has 2 atom stereocenters. The maximum Gasteiger partial charge on any atom is 0.266 e. The minimum atomic E-state index is -1.52. The van der Waals surface area contributed by atoms with Gasteiger partial charge in [0.25, 0.3) is 6.08 Å². The molecule has 0 aromatic carbocycles. The lowest BCUT2D eigenvalue weighted by molar-refractivity contribution is -0.0425. The molecule has 122 valence electrons. The van der Waals surface area contributed by atoms with Gasteiger partial charge in [-0.25, -0.2) is 0 Å². The molecule has 1 heterocycles. The predicted octanol–water partition coefficient (Wildman–Crippen LogP) is 5.95. The lowest BCUT2D eigenvalue weighted by atomic mass is 9.73. The van der Waals surface area contributed by atoms with Crippen molar-refractivity contribution in [3.8, 4) is 0 Å². The summed E-state index contributed by atoms with van der Waals surface area (Å²) < 4.78 is 30.3. The normalized spacial score (nSPS) is 33.7. The van der Waals surface area contributed by atoms with Gasteiger partial charge >= 0.3 is 0 Å². The van der Waals surface area contributed by atoms with Gasteiger partial charge in [-0.2, -0.15) is 8.78 Å². The van der Waals surface area contributed by atoms with Crippen LogP contribution < -0.4 is 0 Å². The van der Waals surface area contributed by atoms with Crippen molar-refractivity contribution in [2.75, 3.05) is 6.61 Å². The lowest BCUT2D eigenvalue weighted by Gasteiger charge is -2.37. The Morgan fingerprint density at radius 1 is 1.05 bits per heavy atom. The lowest BCUT2D eigenvalue weighted by Crippen LogP contribution is -2.32. The molecule has 3 heteroatoms. The van der Waals surface area contributed by atoms with Gasteiger partial charge in [0, 0.05) is 0 Å². The fourth-order valence-corrected chi connectivity index (χ4v) is 4.01. The molecule has 0 spiro atoms. The van der Waals surface area contributed by atoms with Crippen LogP contribution in [0.1, 0.15) is 71.1 Å². The van der Waals surface area contributed by atoms with E-state index in [1.807, 2.05) is 0 Å². The van der Waals surface area contributed by atoms with E-state index in [1.54, 1.807) is 0 Å². The van der Waals surface area contributed by atoms with Gasteiger partial charge in [-0.05, 0) is 75.2 Å². The molecule has 2 rings (SSSR count). The molecule has 0 radical (unpaired) electrons. The van der Waals surface area contributed by atoms with E-state index in [1.165, 1.54) is 44.9 Å². The summed E-state index contributed by atoms with van der Waals surface area (Å²) in [5.74, 6) is 1.97. The second-order valence-corrected chi connectivity index (χ2v) is 6.95. The van der Waals surface area contributed by atoms with E-state index in [-0.39, 0.29) is 0 Å². The molecule has 2 fully saturated rings. The Balaban J connectivity index is 1.66. The molecule has 0 amide bonds. The third-order valence-corrected chi connectivity index (χ3v) is 5.45. The summed E-state index contributed by atoms with van der Waals surface area (Å²) >= 11 is 0. The summed E-state index contributed by atoms with van der Waals surface area (Å²) in [4.78, 5) is 0. The fraction of sp³-hybridized carbons (Fsp3) is 0.889. The minimum Gasteiger partial charge on any atom is -0.378 e. The van der Waals surface area contributed by atoms with E-state index < -0.39 is 6.08 Å². The average Bonchev–Trinajstić information content (AvgIpc) is 2.52. The largest absolute Gasteiger partial charge is 0.378 e. The highest BCUT2D eigenvalue weighted by Crippen LogP contribution is 2.39. The standard InChI is InChI=1S/C18H30F2O/c1-2-3-4-17-11-10-16(13-21-17)15-8-5-14(6-9-15)7-12-18(19)20/h12,14-17H,2-11,13H2,1H3. The molecule has 0 aromatic heterocycles. The molecule has 0 aromatic rings. The summed E-state index contributed by atoms with van der Waals surface area (Å²) in [5, 5.41) is 0. The zero-order valence-electron chi connectivity index (χ0n) is 13.3. The Hall–Kier alpha value is -0.440. The van der Waals surface area contributed by atoms with Crippen molar-refractivity contribution in [2.45, 2.75) is 77.2 Å². The van der Waals surface area contributed by atoms with Crippen molar-refractivity contribution >= 4 is 0 Å². The van der Waals surface area contributed by atoms with Gasteiger partial charge in [-0.15, -0.1) is 0 Å². The van der Waals surface area contributed by atoms with Crippen molar-refractivity contribution in [1.82, 2.24) is 0 Å². The van der Waals surface area contributed by atoms with Crippen LogP contribution in [-0.2, 0) is 4.74 Å². The van der Waals surface area contributed by atoms with Gasteiger partial charge in [-0.1, -0.05) is 19.8 Å². The number of rotatable bonds is 6. The van der Waals surface area contributed by atoms with Crippen molar-refractivity contribution in [3.63, 3.8) is 0 Å². The van der Waals surface area contributed by atoms with E-state index in [2.05, 4.69) is 6.92 Å². The first kappa shape index (κ1) is 16.9. The smallest absolute Gasteiger partial charge is 0.266 e.